The summed E-state index contributed by atoms with van der Waals surface area (Å²) in [5.74, 6) is 0.973. The van der Waals surface area contributed by atoms with Gasteiger partial charge in [0, 0.05) is 11.1 Å². The Kier molecular flexibility index (Phi) is 2.69. The van der Waals surface area contributed by atoms with Crippen molar-refractivity contribution in [1.29, 1.82) is 0 Å². The lowest BCUT2D eigenvalue weighted by atomic mass is 9.98. The van der Waals surface area contributed by atoms with E-state index in [9.17, 15) is 0 Å². The van der Waals surface area contributed by atoms with Gasteiger partial charge in [0.25, 0.3) is 0 Å². The van der Waals surface area contributed by atoms with Crippen LogP contribution in [0.5, 0.6) is 0 Å². The molecule has 2 rings (SSSR count). The molecule has 0 bridgehead atoms. The number of rotatable bonds is 2. The Morgan fingerprint density at radius 1 is 1.31 bits per heavy atom. The van der Waals surface area contributed by atoms with Crippen LogP contribution >= 0.6 is 0 Å². The Bertz CT molecular complexity index is 498. The Hall–Kier alpha value is -1.77. The quantitative estimate of drug-likeness (QED) is 0.808. The molecule has 0 atom stereocenters. The van der Waals surface area contributed by atoms with Crippen molar-refractivity contribution in [3.8, 4) is 11.3 Å². The van der Waals surface area contributed by atoms with Crippen molar-refractivity contribution in [2.75, 3.05) is 5.73 Å². The molecule has 3 heteroatoms. The van der Waals surface area contributed by atoms with E-state index in [2.05, 4.69) is 49.2 Å². The van der Waals surface area contributed by atoms with E-state index in [1.165, 1.54) is 5.56 Å². The van der Waals surface area contributed by atoms with Gasteiger partial charge in [-0.25, -0.2) is 0 Å². The molecular formula is C13H17N3. The number of nitrogen functional groups attached to an aromatic ring is 1. The number of hydrogen-bond acceptors (Lipinski definition) is 2. The van der Waals surface area contributed by atoms with Gasteiger partial charge in [-0.2, -0.15) is 5.10 Å². The zero-order valence-electron chi connectivity index (χ0n) is 9.91. The highest BCUT2D eigenvalue weighted by Crippen LogP contribution is 2.31. The van der Waals surface area contributed by atoms with Crippen LogP contribution in [0.3, 0.4) is 0 Å². The summed E-state index contributed by atoms with van der Waals surface area (Å²) in [4.78, 5) is 0. The maximum absolute atomic E-state index is 5.88. The van der Waals surface area contributed by atoms with Crippen molar-refractivity contribution >= 4 is 5.82 Å². The Balaban J connectivity index is 2.56. The van der Waals surface area contributed by atoms with E-state index in [4.69, 9.17) is 5.73 Å². The standard InChI is InChI=1S/C13H17N3/c1-8(2)11-12(15-16-13(11)14)10-6-4-5-9(3)7-10/h4-8H,1-3H3,(H3,14,15,16). The van der Waals surface area contributed by atoms with Crippen molar-refractivity contribution in [3.63, 3.8) is 0 Å². The smallest absolute Gasteiger partial charge is 0.149 e. The van der Waals surface area contributed by atoms with E-state index in [0.717, 1.165) is 16.8 Å². The van der Waals surface area contributed by atoms with Gasteiger partial charge in [0.2, 0.25) is 0 Å². The maximum atomic E-state index is 5.88. The lowest BCUT2D eigenvalue weighted by molar-refractivity contribution is 0.873. The van der Waals surface area contributed by atoms with E-state index in [0.29, 0.717) is 11.7 Å². The third kappa shape index (κ3) is 1.81. The normalized spacial score (nSPS) is 11.0. The molecule has 0 amide bonds. The Morgan fingerprint density at radius 2 is 2.06 bits per heavy atom. The van der Waals surface area contributed by atoms with E-state index >= 15 is 0 Å². The van der Waals surface area contributed by atoms with Crippen LogP contribution in [0.25, 0.3) is 11.3 Å². The Labute approximate surface area is 95.7 Å². The highest BCUT2D eigenvalue weighted by atomic mass is 15.2. The van der Waals surface area contributed by atoms with Crippen molar-refractivity contribution in [1.82, 2.24) is 10.2 Å². The minimum absolute atomic E-state index is 0.370. The largest absolute Gasteiger partial charge is 0.382 e. The molecule has 0 saturated carbocycles. The highest BCUT2D eigenvalue weighted by Gasteiger charge is 2.15. The number of nitrogens with one attached hydrogen (secondary N) is 1. The molecule has 0 aliphatic rings. The summed E-state index contributed by atoms with van der Waals surface area (Å²) in [5.41, 5.74) is 10.4. The molecule has 84 valence electrons. The van der Waals surface area contributed by atoms with Gasteiger partial charge in [-0.1, -0.05) is 37.6 Å². The SMILES string of the molecule is Cc1cccc(-c2[nH]nc(N)c2C(C)C)c1. The van der Waals surface area contributed by atoms with E-state index in [1.54, 1.807) is 0 Å². The first-order valence-electron chi connectivity index (χ1n) is 5.50. The fraction of sp³-hybridized carbons (Fsp3) is 0.308. The van der Waals surface area contributed by atoms with Crippen LogP contribution in [-0.4, -0.2) is 10.2 Å². The van der Waals surface area contributed by atoms with Gasteiger partial charge < -0.3 is 5.73 Å². The summed E-state index contributed by atoms with van der Waals surface area (Å²) >= 11 is 0. The number of hydrogen-bond donors (Lipinski definition) is 2. The lowest BCUT2D eigenvalue weighted by Gasteiger charge is -2.07. The maximum Gasteiger partial charge on any atom is 0.149 e. The van der Waals surface area contributed by atoms with Crippen LogP contribution in [0.4, 0.5) is 5.82 Å². The van der Waals surface area contributed by atoms with Gasteiger partial charge in [0.1, 0.15) is 5.82 Å². The number of aromatic amines is 1. The number of aromatic nitrogens is 2. The molecule has 1 aromatic heterocycles. The minimum Gasteiger partial charge on any atom is -0.382 e. The number of nitrogens with zero attached hydrogens (tertiary/aromatic N) is 1. The lowest BCUT2D eigenvalue weighted by Crippen LogP contribution is -1.95. The second-order valence-electron chi connectivity index (χ2n) is 4.42. The van der Waals surface area contributed by atoms with Crippen molar-refractivity contribution in [3.05, 3.63) is 35.4 Å². The van der Waals surface area contributed by atoms with Gasteiger partial charge in [0.05, 0.1) is 5.69 Å². The molecule has 3 nitrogen and oxygen atoms in total. The molecule has 1 aromatic carbocycles. The molecule has 0 fully saturated rings. The third-order valence-corrected chi connectivity index (χ3v) is 2.72. The van der Waals surface area contributed by atoms with Gasteiger partial charge in [-0.3, -0.25) is 5.10 Å². The molecule has 16 heavy (non-hydrogen) atoms. The average molecular weight is 215 g/mol. The third-order valence-electron chi connectivity index (χ3n) is 2.72. The second kappa shape index (κ2) is 4.00. The number of aryl methyl sites for hydroxylation is 1. The topological polar surface area (TPSA) is 54.7 Å². The van der Waals surface area contributed by atoms with Gasteiger partial charge in [-0.05, 0) is 18.9 Å². The van der Waals surface area contributed by atoms with Crippen LogP contribution in [0, 0.1) is 6.92 Å². The first-order chi connectivity index (χ1) is 7.59. The summed E-state index contributed by atoms with van der Waals surface area (Å²) in [6, 6.07) is 8.34. The first-order valence-corrected chi connectivity index (χ1v) is 5.50. The van der Waals surface area contributed by atoms with E-state index in [-0.39, 0.29) is 0 Å². The fourth-order valence-electron chi connectivity index (χ4n) is 1.97. The molecule has 0 aliphatic carbocycles. The van der Waals surface area contributed by atoms with Gasteiger partial charge >= 0.3 is 0 Å². The molecule has 2 aromatic rings. The van der Waals surface area contributed by atoms with Crippen LogP contribution in [0.1, 0.15) is 30.9 Å². The predicted octanol–water partition coefficient (Wildman–Crippen LogP) is 3.09. The number of benzene rings is 1. The van der Waals surface area contributed by atoms with Crippen LogP contribution in [0.2, 0.25) is 0 Å². The molecule has 0 aliphatic heterocycles. The Morgan fingerprint density at radius 3 is 2.69 bits per heavy atom. The van der Waals surface area contributed by atoms with E-state index < -0.39 is 0 Å². The van der Waals surface area contributed by atoms with Crippen molar-refractivity contribution in [2.24, 2.45) is 0 Å². The fourth-order valence-corrected chi connectivity index (χ4v) is 1.97. The van der Waals surface area contributed by atoms with Crippen LogP contribution in [0.15, 0.2) is 24.3 Å². The van der Waals surface area contributed by atoms with Crippen molar-refractivity contribution < 1.29 is 0 Å². The average Bonchev–Trinajstić information content (AvgIpc) is 2.60. The predicted molar refractivity (Wildman–Crippen MR) is 67.3 cm³/mol. The molecule has 0 spiro atoms. The summed E-state index contributed by atoms with van der Waals surface area (Å²) in [7, 11) is 0. The zero-order chi connectivity index (χ0) is 11.7. The van der Waals surface area contributed by atoms with Gasteiger partial charge in [0.15, 0.2) is 0 Å². The monoisotopic (exact) mass is 215 g/mol. The molecular weight excluding hydrogens is 198 g/mol. The number of anilines is 1. The van der Waals surface area contributed by atoms with E-state index in [1.807, 2.05) is 6.07 Å². The molecule has 0 saturated heterocycles. The number of nitrogens with two attached hydrogens (primary N) is 1. The summed E-state index contributed by atoms with van der Waals surface area (Å²) < 4.78 is 0. The number of H-pyrrole nitrogens is 1. The first kappa shape index (κ1) is 10.7. The molecule has 0 radical (unpaired) electrons. The molecule has 0 unspecified atom stereocenters. The highest BCUT2D eigenvalue weighted by molar-refractivity contribution is 5.69. The molecule has 3 N–H and O–H groups in total. The zero-order valence-corrected chi connectivity index (χ0v) is 9.91. The second-order valence-corrected chi connectivity index (χ2v) is 4.42. The minimum atomic E-state index is 0.370. The van der Waals surface area contributed by atoms with Crippen molar-refractivity contribution in [2.45, 2.75) is 26.7 Å². The van der Waals surface area contributed by atoms with Gasteiger partial charge in [-0.15, -0.1) is 0 Å². The summed E-state index contributed by atoms with van der Waals surface area (Å²) in [6.07, 6.45) is 0. The van der Waals surface area contributed by atoms with Crippen LogP contribution < -0.4 is 5.73 Å². The van der Waals surface area contributed by atoms with Crippen LogP contribution in [-0.2, 0) is 0 Å². The molecule has 1 heterocycles. The summed E-state index contributed by atoms with van der Waals surface area (Å²) in [5, 5.41) is 7.12. The summed E-state index contributed by atoms with van der Waals surface area (Å²) in [6.45, 7) is 6.33.